The Morgan fingerprint density at radius 3 is 2.03 bits per heavy atom. The maximum atomic E-state index is 13.7. The molecule has 0 amide bonds. The van der Waals surface area contributed by atoms with Crippen LogP contribution in [0.15, 0.2) is 0 Å². The van der Waals surface area contributed by atoms with Crippen molar-refractivity contribution >= 4 is 0 Å². The number of nitrogens with two attached hydrogens (primary N) is 1. The van der Waals surface area contributed by atoms with Crippen LogP contribution in [-0.4, -0.2) is 49.2 Å². The van der Waals surface area contributed by atoms with Crippen LogP contribution in [0.3, 0.4) is 0 Å². The van der Waals surface area contributed by atoms with Gasteiger partial charge in [-0.25, -0.2) is 10.9 Å². The minimum absolute atomic E-state index is 0.0486. The number of alkyl halides is 6. The molecule has 0 aliphatic carbocycles. The van der Waals surface area contributed by atoms with Gasteiger partial charge in [-0.3, -0.25) is 5.32 Å². The molecule has 3 fully saturated rings. The Morgan fingerprint density at radius 1 is 0.806 bits per heavy atom. The highest BCUT2D eigenvalue weighted by Crippen LogP contribution is 2.39. The Balaban J connectivity index is 1.87. The zero-order chi connectivity index (χ0) is 23.0. The first kappa shape index (κ1) is 25.0. The number of hydrogen-bond acceptors (Lipinski definition) is 6. The van der Waals surface area contributed by atoms with Crippen molar-refractivity contribution in [2.24, 2.45) is 23.5 Å². The Bertz CT molecular complexity index is 591. The lowest BCUT2D eigenvalue weighted by molar-refractivity contribution is -0.242. The molecule has 3 rings (SSSR count). The predicted molar refractivity (Wildman–Crippen MR) is 100 cm³/mol. The van der Waals surface area contributed by atoms with Gasteiger partial charge in [0, 0.05) is 6.04 Å². The fourth-order valence-electron chi connectivity index (χ4n) is 4.62. The van der Waals surface area contributed by atoms with Gasteiger partial charge < -0.3 is 15.2 Å². The van der Waals surface area contributed by atoms with E-state index in [2.05, 4.69) is 16.2 Å². The fourth-order valence-corrected chi connectivity index (χ4v) is 4.62. The van der Waals surface area contributed by atoms with Crippen molar-refractivity contribution in [3.05, 3.63) is 0 Å². The van der Waals surface area contributed by atoms with Gasteiger partial charge in [-0.1, -0.05) is 33.1 Å². The van der Waals surface area contributed by atoms with Crippen LogP contribution in [0.1, 0.15) is 52.4 Å². The molecule has 6 nitrogen and oxygen atoms in total. The third-order valence-electron chi connectivity index (χ3n) is 6.47. The van der Waals surface area contributed by atoms with E-state index in [0.29, 0.717) is 25.7 Å². The molecule has 182 valence electrons. The van der Waals surface area contributed by atoms with Crippen molar-refractivity contribution in [3.8, 4) is 0 Å². The molecule has 0 aromatic rings. The van der Waals surface area contributed by atoms with Crippen molar-refractivity contribution < 1.29 is 35.8 Å². The number of hydrogen-bond donors (Lipinski definition) is 4. The summed E-state index contributed by atoms with van der Waals surface area (Å²) in [5.74, 6) is -3.60. The Kier molecular flexibility index (Phi) is 7.80. The van der Waals surface area contributed by atoms with E-state index >= 15 is 0 Å². The van der Waals surface area contributed by atoms with Crippen molar-refractivity contribution in [2.75, 3.05) is 0 Å². The predicted octanol–water partition coefficient (Wildman–Crippen LogP) is 3.14. The van der Waals surface area contributed by atoms with Gasteiger partial charge in [-0.15, -0.1) is 0 Å². The third kappa shape index (κ3) is 6.02. The maximum Gasteiger partial charge on any atom is 0.395 e. The topological polar surface area (TPSA) is 80.6 Å². The molecule has 7 unspecified atom stereocenters. The van der Waals surface area contributed by atoms with Gasteiger partial charge in [0.2, 0.25) is 0 Å². The SMILES string of the molecule is CC(C)C1CCCCC[C@@H](C(F)(F)F)C2NNC(O2)C2NC(O1)C(C(F)(F)F)CC2N. The first-order valence-corrected chi connectivity index (χ1v) is 10.8. The molecule has 3 aliphatic rings. The van der Waals surface area contributed by atoms with E-state index in [4.69, 9.17) is 15.2 Å². The summed E-state index contributed by atoms with van der Waals surface area (Å²) in [6.45, 7) is 3.72. The summed E-state index contributed by atoms with van der Waals surface area (Å²) >= 11 is 0. The zero-order valence-electron chi connectivity index (χ0n) is 17.6. The quantitative estimate of drug-likeness (QED) is 0.449. The highest BCUT2D eigenvalue weighted by atomic mass is 19.4. The molecule has 0 aromatic heterocycles. The Labute approximate surface area is 177 Å². The largest absolute Gasteiger partial charge is 0.395 e. The molecule has 3 saturated heterocycles. The number of ether oxygens (including phenoxy) is 2. The van der Waals surface area contributed by atoms with Gasteiger partial charge in [0.25, 0.3) is 0 Å². The van der Waals surface area contributed by atoms with Crippen LogP contribution in [0, 0.1) is 17.8 Å². The molecule has 4 bridgehead atoms. The van der Waals surface area contributed by atoms with E-state index in [1.54, 1.807) is 0 Å². The molecule has 0 aromatic carbocycles. The minimum Gasteiger partial charge on any atom is -0.359 e. The van der Waals surface area contributed by atoms with E-state index in [0.717, 1.165) is 0 Å². The molecule has 12 heteroatoms. The molecule has 5 N–H and O–H groups in total. The first-order valence-electron chi connectivity index (χ1n) is 10.8. The lowest BCUT2D eigenvalue weighted by atomic mass is 9.87. The molecule has 0 radical (unpaired) electrons. The van der Waals surface area contributed by atoms with E-state index in [9.17, 15) is 26.3 Å². The number of fused-ring (bicyclic) bond motifs is 5. The molecule has 3 heterocycles. The smallest absolute Gasteiger partial charge is 0.359 e. The van der Waals surface area contributed by atoms with E-state index < -0.39 is 67.5 Å². The summed E-state index contributed by atoms with van der Waals surface area (Å²) in [5.41, 5.74) is 11.2. The third-order valence-corrected chi connectivity index (χ3v) is 6.47. The maximum absolute atomic E-state index is 13.7. The van der Waals surface area contributed by atoms with E-state index in [-0.39, 0.29) is 12.3 Å². The van der Waals surface area contributed by atoms with Gasteiger partial charge >= 0.3 is 12.4 Å². The van der Waals surface area contributed by atoms with Crippen molar-refractivity contribution in [3.63, 3.8) is 0 Å². The zero-order valence-corrected chi connectivity index (χ0v) is 17.6. The second kappa shape index (κ2) is 9.68. The molecular weight excluding hydrogens is 430 g/mol. The van der Waals surface area contributed by atoms with Crippen molar-refractivity contribution in [1.82, 2.24) is 16.2 Å². The second-order valence-electron chi connectivity index (χ2n) is 9.13. The number of hydrazine groups is 1. The average Bonchev–Trinajstić information content (AvgIpc) is 3.10. The number of rotatable bonds is 1. The number of halogens is 6. The molecular formula is C19H32F6N4O2. The van der Waals surface area contributed by atoms with Crippen LogP contribution in [0.5, 0.6) is 0 Å². The minimum atomic E-state index is -4.53. The van der Waals surface area contributed by atoms with Gasteiger partial charge in [-0.2, -0.15) is 26.3 Å². The monoisotopic (exact) mass is 462 g/mol. The summed E-state index contributed by atoms with van der Waals surface area (Å²) in [6.07, 6.45) is -11.8. The van der Waals surface area contributed by atoms with Gasteiger partial charge in [0.05, 0.1) is 24.0 Å². The Hall–Kier alpha value is -0.660. The average molecular weight is 462 g/mol. The van der Waals surface area contributed by atoms with Crippen LogP contribution in [-0.2, 0) is 9.47 Å². The lowest BCUT2D eigenvalue weighted by Crippen LogP contribution is -2.67. The number of piperidine rings is 1. The van der Waals surface area contributed by atoms with Gasteiger partial charge in [0.1, 0.15) is 18.7 Å². The van der Waals surface area contributed by atoms with E-state index in [1.165, 1.54) is 0 Å². The van der Waals surface area contributed by atoms with E-state index in [1.807, 2.05) is 13.8 Å². The number of nitrogens with one attached hydrogen (secondary N) is 3. The molecule has 3 aliphatic heterocycles. The van der Waals surface area contributed by atoms with Crippen LogP contribution >= 0.6 is 0 Å². The fraction of sp³-hybridized carbons (Fsp3) is 1.00. The van der Waals surface area contributed by atoms with Crippen LogP contribution in [0.25, 0.3) is 0 Å². The Morgan fingerprint density at radius 2 is 1.42 bits per heavy atom. The van der Waals surface area contributed by atoms with Crippen molar-refractivity contribution in [1.29, 1.82) is 0 Å². The molecule has 0 spiro atoms. The summed E-state index contributed by atoms with van der Waals surface area (Å²) in [6, 6.07) is -1.84. The summed E-state index contributed by atoms with van der Waals surface area (Å²) in [7, 11) is 0. The summed E-state index contributed by atoms with van der Waals surface area (Å²) in [4.78, 5) is 0. The van der Waals surface area contributed by atoms with Gasteiger partial charge in [0.15, 0.2) is 0 Å². The molecule has 31 heavy (non-hydrogen) atoms. The standard InChI is InChI=1S/C19H32F6N4O2/c1-9(2)13-7-5-3-4-6-10(18(20,21)22)16-28-29-17(31-16)14-12(26)8-11(19(23,24)25)15(27-14)30-13/h9-17,27-29H,3-8,26H2,1-2H3/t10-,11?,12?,13?,14?,15?,16?,17?/m1/s1. The lowest BCUT2D eigenvalue weighted by Gasteiger charge is -2.44. The van der Waals surface area contributed by atoms with Crippen LogP contribution in [0.4, 0.5) is 26.3 Å². The summed E-state index contributed by atoms with van der Waals surface area (Å²) in [5, 5.41) is 2.80. The van der Waals surface area contributed by atoms with Crippen molar-refractivity contribution in [2.45, 2.75) is 102 Å². The first-order chi connectivity index (χ1) is 14.4. The van der Waals surface area contributed by atoms with Crippen LogP contribution < -0.4 is 21.9 Å². The van der Waals surface area contributed by atoms with Gasteiger partial charge in [-0.05, 0) is 25.2 Å². The second-order valence-corrected chi connectivity index (χ2v) is 9.13. The molecule has 8 atom stereocenters. The van der Waals surface area contributed by atoms with Crippen LogP contribution in [0.2, 0.25) is 0 Å². The normalized spacial score (nSPS) is 41.2. The molecule has 0 saturated carbocycles. The highest BCUT2D eigenvalue weighted by molar-refractivity contribution is 4.98. The summed E-state index contributed by atoms with van der Waals surface area (Å²) < 4.78 is 93.5. The highest BCUT2D eigenvalue weighted by Gasteiger charge is 2.54.